The van der Waals surface area contributed by atoms with E-state index in [9.17, 15) is 9.59 Å². The molecule has 1 aliphatic heterocycles. The van der Waals surface area contributed by atoms with E-state index in [1.54, 1.807) is 0 Å². The van der Waals surface area contributed by atoms with E-state index in [1.165, 1.54) is 13.8 Å². The Hall–Kier alpha value is -1.27. The van der Waals surface area contributed by atoms with Crippen LogP contribution < -0.4 is 0 Å². The number of rotatable bonds is 7. The summed E-state index contributed by atoms with van der Waals surface area (Å²) in [5.74, 6) is -2.09. The lowest BCUT2D eigenvalue weighted by molar-refractivity contribution is -0.247. The van der Waals surface area contributed by atoms with Crippen LogP contribution in [0.3, 0.4) is 0 Å². The molecular weight excluding hydrogens is 519 g/mol. The minimum absolute atomic E-state index is 0.251. The maximum Gasteiger partial charge on any atom is 0.303 e. The Balaban J connectivity index is 3.52. The number of hydrogen-bond acceptors (Lipinski definition) is 9. The number of nitrogens with zero attached hydrogens (tertiary/aromatic N) is 3. The smallest absolute Gasteiger partial charge is 0.303 e. The fraction of sp³-hybridized carbons (Fsp3) is 0.833. The van der Waals surface area contributed by atoms with Crippen molar-refractivity contribution in [1.29, 1.82) is 5.41 Å². The largest absolute Gasteiger partial charge is 0.463 e. The van der Waals surface area contributed by atoms with Crippen molar-refractivity contribution in [2.24, 2.45) is 5.11 Å². The van der Waals surface area contributed by atoms with Gasteiger partial charge in [0.05, 0.1) is 0 Å². The van der Waals surface area contributed by atoms with Crippen molar-refractivity contribution in [2.75, 3.05) is 6.61 Å². The Kier molecular flexibility index (Phi) is 10.3. The molecule has 1 aliphatic rings. The van der Waals surface area contributed by atoms with Crippen LogP contribution in [0.25, 0.3) is 10.4 Å². The Morgan fingerprint density at radius 2 is 1.70 bits per heavy atom. The van der Waals surface area contributed by atoms with Crippen molar-refractivity contribution in [3.8, 4) is 0 Å². The predicted octanol–water partition coefficient (Wildman–Crippen LogP) is 4.64. The van der Waals surface area contributed by atoms with E-state index in [0.29, 0.717) is 0 Å². The number of nitrogens with one attached hydrogen (secondary N) is 1. The fourth-order valence-electron chi connectivity index (χ4n) is 2.67. The maximum absolute atomic E-state index is 12.0. The molecule has 33 heavy (non-hydrogen) atoms. The quantitative estimate of drug-likeness (QED) is 0.0712. The number of azide groups is 1. The molecule has 1 N–H and O–H groups in total. The molecule has 1 rings (SSSR count). The highest BCUT2D eigenvalue weighted by Gasteiger charge is 2.54. The molecule has 0 bridgehead atoms. The molecule has 11 nitrogen and oxygen atoms in total. The van der Waals surface area contributed by atoms with Crippen molar-refractivity contribution < 1.29 is 33.0 Å². The first-order chi connectivity index (χ1) is 14.9. The number of esters is 2. The third-order valence-electron chi connectivity index (χ3n) is 5.28. The van der Waals surface area contributed by atoms with Crippen molar-refractivity contribution in [3.05, 3.63) is 10.4 Å². The molecular formula is C18H29Cl3N4O7Si. The van der Waals surface area contributed by atoms with Gasteiger partial charge in [-0.05, 0) is 23.7 Å². The van der Waals surface area contributed by atoms with Gasteiger partial charge in [0.2, 0.25) is 12.2 Å². The summed E-state index contributed by atoms with van der Waals surface area (Å²) >= 11 is 17.1. The van der Waals surface area contributed by atoms with E-state index in [0.717, 1.165) is 0 Å². The standard InChI is InChI=1S/C18H29Cl3N4O7Si/c1-9(26)28-8-11-13(32-33(6,7)17(3,4)5)14(29-10(2)27)12(24-25-23)15(30-11)31-16(22)18(19,20)21/h11-15,22H,8H2,1-7H3/t11-,12-,13-,14-,15+/m1/s1. The fourth-order valence-corrected chi connectivity index (χ4v) is 4.13. The zero-order chi connectivity index (χ0) is 25.8. The second-order valence-corrected chi connectivity index (χ2v) is 15.9. The molecule has 0 saturated carbocycles. The lowest BCUT2D eigenvalue weighted by Gasteiger charge is -2.48. The normalized spacial score (nSPS) is 26.1. The molecule has 5 atom stereocenters. The average molecular weight is 548 g/mol. The number of carbonyl (C=O) groups is 2. The second-order valence-electron chi connectivity index (χ2n) is 8.90. The molecule has 188 valence electrons. The van der Waals surface area contributed by atoms with Crippen LogP contribution in [0, 0.1) is 5.41 Å². The molecule has 0 radical (unpaired) electrons. The number of alkyl halides is 3. The molecule has 0 aromatic heterocycles. The van der Waals surface area contributed by atoms with Gasteiger partial charge >= 0.3 is 11.9 Å². The Morgan fingerprint density at radius 3 is 2.12 bits per heavy atom. The van der Waals surface area contributed by atoms with Gasteiger partial charge in [-0.3, -0.25) is 15.0 Å². The van der Waals surface area contributed by atoms with Gasteiger partial charge in [0.15, 0.2) is 8.32 Å². The maximum atomic E-state index is 12.0. The van der Waals surface area contributed by atoms with Crippen molar-refractivity contribution in [1.82, 2.24) is 0 Å². The lowest BCUT2D eigenvalue weighted by atomic mass is 9.97. The van der Waals surface area contributed by atoms with Crippen LogP contribution in [0.4, 0.5) is 0 Å². The van der Waals surface area contributed by atoms with E-state index < -0.39 is 60.6 Å². The predicted molar refractivity (Wildman–Crippen MR) is 125 cm³/mol. The van der Waals surface area contributed by atoms with Gasteiger partial charge in [-0.25, -0.2) is 0 Å². The van der Waals surface area contributed by atoms with E-state index in [2.05, 4.69) is 10.0 Å². The molecule has 0 aliphatic carbocycles. The summed E-state index contributed by atoms with van der Waals surface area (Å²) in [6.45, 7) is 12.0. The van der Waals surface area contributed by atoms with Crippen LogP contribution in [-0.4, -0.2) is 67.2 Å². The Bertz CT molecular complexity index is 797. The first-order valence-electron chi connectivity index (χ1n) is 9.91. The second kappa shape index (κ2) is 11.4. The Morgan fingerprint density at radius 1 is 1.12 bits per heavy atom. The molecule has 0 aromatic rings. The topological polar surface area (TPSA) is 153 Å². The minimum Gasteiger partial charge on any atom is -0.463 e. The zero-order valence-electron chi connectivity index (χ0n) is 19.4. The number of carbonyl (C=O) groups excluding carboxylic acids is 2. The van der Waals surface area contributed by atoms with Crippen LogP contribution in [0.5, 0.6) is 0 Å². The summed E-state index contributed by atoms with van der Waals surface area (Å²) in [5.41, 5.74) is 9.15. The highest BCUT2D eigenvalue weighted by molar-refractivity contribution is 6.76. The highest BCUT2D eigenvalue weighted by atomic mass is 35.6. The Labute approximate surface area is 208 Å². The van der Waals surface area contributed by atoms with E-state index >= 15 is 0 Å². The lowest BCUT2D eigenvalue weighted by Crippen LogP contribution is -2.64. The summed E-state index contributed by atoms with van der Waals surface area (Å²) in [4.78, 5) is 26.2. The van der Waals surface area contributed by atoms with Gasteiger partial charge in [0.25, 0.3) is 3.79 Å². The summed E-state index contributed by atoms with van der Waals surface area (Å²) in [7, 11) is -2.51. The number of hydrogen-bond donors (Lipinski definition) is 1. The molecule has 0 amide bonds. The molecule has 1 heterocycles. The molecule has 0 aromatic carbocycles. The molecule has 1 saturated heterocycles. The van der Waals surface area contributed by atoms with Gasteiger partial charge in [-0.2, -0.15) is 0 Å². The van der Waals surface area contributed by atoms with Gasteiger partial charge in [0.1, 0.15) is 31.0 Å². The molecule has 1 fully saturated rings. The molecule has 15 heteroatoms. The van der Waals surface area contributed by atoms with Crippen molar-refractivity contribution >= 4 is 61.0 Å². The van der Waals surface area contributed by atoms with Gasteiger partial charge < -0.3 is 23.4 Å². The van der Waals surface area contributed by atoms with Gasteiger partial charge in [-0.1, -0.05) is 60.7 Å². The van der Waals surface area contributed by atoms with E-state index in [1.807, 2.05) is 33.9 Å². The van der Waals surface area contributed by atoms with Crippen LogP contribution in [-0.2, 0) is 33.0 Å². The molecule has 0 unspecified atom stereocenters. The summed E-state index contributed by atoms with van der Waals surface area (Å²) in [6.07, 6.45) is -4.74. The average Bonchev–Trinajstić information content (AvgIpc) is 2.62. The van der Waals surface area contributed by atoms with Crippen molar-refractivity contribution in [2.45, 2.75) is 87.2 Å². The first-order valence-corrected chi connectivity index (χ1v) is 14.0. The molecule has 0 spiro atoms. The summed E-state index contributed by atoms with van der Waals surface area (Å²) in [5, 5.41) is 11.3. The zero-order valence-corrected chi connectivity index (χ0v) is 22.7. The summed E-state index contributed by atoms with van der Waals surface area (Å²) < 4.78 is 26.1. The van der Waals surface area contributed by atoms with E-state index in [4.69, 9.17) is 69.1 Å². The van der Waals surface area contributed by atoms with Crippen LogP contribution in [0.15, 0.2) is 5.11 Å². The number of ether oxygens (including phenoxy) is 4. The van der Waals surface area contributed by atoms with Crippen LogP contribution in [0.1, 0.15) is 34.6 Å². The SMILES string of the molecule is CC(=O)OC[C@H]1O[C@@H](OC(=N)C(Cl)(Cl)Cl)[C@H](N=[N+]=[N-])[C@@H](OC(C)=O)[C@@H]1O[Si](C)(C)C(C)(C)C. The van der Waals surface area contributed by atoms with Crippen LogP contribution >= 0.6 is 34.8 Å². The third-order valence-corrected chi connectivity index (χ3v) is 10.3. The van der Waals surface area contributed by atoms with Gasteiger partial charge in [0, 0.05) is 18.8 Å². The van der Waals surface area contributed by atoms with E-state index in [-0.39, 0.29) is 11.6 Å². The summed E-state index contributed by atoms with van der Waals surface area (Å²) in [6, 6.07) is -1.31. The van der Waals surface area contributed by atoms with Gasteiger partial charge in [-0.15, -0.1) is 0 Å². The van der Waals surface area contributed by atoms with Crippen LogP contribution in [0.2, 0.25) is 18.1 Å². The van der Waals surface area contributed by atoms with Crippen molar-refractivity contribution in [3.63, 3.8) is 0 Å². The monoisotopic (exact) mass is 546 g/mol. The minimum atomic E-state index is -2.51. The third kappa shape index (κ3) is 8.47. The first kappa shape index (κ1) is 29.8. The highest BCUT2D eigenvalue weighted by Crippen LogP contribution is 2.41. The number of halogens is 3.